The minimum absolute atomic E-state index is 0.332. The molecule has 0 radical (unpaired) electrons. The van der Waals surface area contributed by atoms with Crippen LogP contribution < -0.4 is 14.8 Å². The van der Waals surface area contributed by atoms with Crippen LogP contribution in [0.15, 0.2) is 35.7 Å². The Morgan fingerprint density at radius 1 is 1.20 bits per heavy atom. The number of nitrogens with one attached hydrogen (secondary N) is 1. The first-order valence-electron chi connectivity index (χ1n) is 9.15. The van der Waals surface area contributed by atoms with Gasteiger partial charge in [-0.15, -0.1) is 11.3 Å². The Bertz CT molecular complexity index is 681. The van der Waals surface area contributed by atoms with Gasteiger partial charge in [0, 0.05) is 17.5 Å². The van der Waals surface area contributed by atoms with E-state index in [2.05, 4.69) is 46.8 Å². The number of likely N-dealkylation sites (tertiary alicyclic amines) is 1. The van der Waals surface area contributed by atoms with Gasteiger partial charge in [-0.1, -0.05) is 12.1 Å². The van der Waals surface area contributed by atoms with E-state index in [1.165, 1.54) is 36.4 Å². The van der Waals surface area contributed by atoms with Gasteiger partial charge in [0.05, 0.1) is 0 Å². The third-order valence-electron chi connectivity index (χ3n) is 5.28. The number of nitrogens with zero attached hydrogens (tertiary/aromatic N) is 1. The second-order valence-corrected chi connectivity index (χ2v) is 8.07. The maximum atomic E-state index is 5.48. The van der Waals surface area contributed by atoms with Crippen molar-refractivity contribution < 1.29 is 9.47 Å². The van der Waals surface area contributed by atoms with Crippen LogP contribution in [0.1, 0.15) is 36.2 Å². The highest BCUT2D eigenvalue weighted by atomic mass is 32.1. The molecule has 134 valence electrons. The van der Waals surface area contributed by atoms with Crippen LogP contribution in [0.5, 0.6) is 11.5 Å². The van der Waals surface area contributed by atoms with Crippen LogP contribution in [0.3, 0.4) is 0 Å². The number of rotatable bonds is 6. The minimum atomic E-state index is 0.332. The Labute approximate surface area is 153 Å². The van der Waals surface area contributed by atoms with Crippen molar-refractivity contribution in [3.8, 4) is 11.5 Å². The van der Waals surface area contributed by atoms with Crippen LogP contribution >= 0.6 is 11.3 Å². The Morgan fingerprint density at radius 2 is 2.04 bits per heavy atom. The fourth-order valence-electron chi connectivity index (χ4n) is 3.62. The summed E-state index contributed by atoms with van der Waals surface area (Å²) in [5.74, 6) is 2.50. The van der Waals surface area contributed by atoms with E-state index >= 15 is 0 Å². The van der Waals surface area contributed by atoms with Crippen LogP contribution in [0.4, 0.5) is 0 Å². The summed E-state index contributed by atoms with van der Waals surface area (Å²) < 4.78 is 10.9. The highest BCUT2D eigenvalue weighted by Gasteiger charge is 2.21. The zero-order valence-corrected chi connectivity index (χ0v) is 15.6. The first-order chi connectivity index (χ1) is 12.3. The molecule has 1 aromatic heterocycles. The fraction of sp³-hybridized carbons (Fsp3) is 0.500. The van der Waals surface area contributed by atoms with Crippen LogP contribution in [0, 0.1) is 5.92 Å². The molecule has 0 aliphatic carbocycles. The summed E-state index contributed by atoms with van der Waals surface area (Å²) >= 11 is 1.86. The van der Waals surface area contributed by atoms with E-state index < -0.39 is 0 Å². The van der Waals surface area contributed by atoms with E-state index in [0.29, 0.717) is 12.8 Å². The van der Waals surface area contributed by atoms with Crippen LogP contribution in [0.25, 0.3) is 0 Å². The lowest BCUT2D eigenvalue weighted by Crippen LogP contribution is -2.37. The predicted molar refractivity (Wildman–Crippen MR) is 101 cm³/mol. The molecule has 1 unspecified atom stereocenters. The van der Waals surface area contributed by atoms with Crippen molar-refractivity contribution in [2.75, 3.05) is 26.4 Å². The molecule has 1 fully saturated rings. The number of hydrogen-bond donors (Lipinski definition) is 1. The molecule has 4 rings (SSSR count). The van der Waals surface area contributed by atoms with Gasteiger partial charge >= 0.3 is 0 Å². The fourth-order valence-corrected chi connectivity index (χ4v) is 4.36. The second-order valence-electron chi connectivity index (χ2n) is 7.04. The van der Waals surface area contributed by atoms with E-state index in [9.17, 15) is 0 Å². The molecule has 2 aromatic rings. The molecule has 2 aliphatic rings. The van der Waals surface area contributed by atoms with Crippen LogP contribution in [-0.4, -0.2) is 31.3 Å². The Morgan fingerprint density at radius 3 is 2.84 bits per heavy atom. The van der Waals surface area contributed by atoms with Gasteiger partial charge in [0.25, 0.3) is 0 Å². The van der Waals surface area contributed by atoms with Gasteiger partial charge in [0.15, 0.2) is 11.5 Å². The molecule has 1 atom stereocenters. The normalized spacial score (nSPS) is 19.2. The number of hydrogen-bond acceptors (Lipinski definition) is 5. The summed E-state index contributed by atoms with van der Waals surface area (Å²) in [5, 5.41) is 5.88. The third kappa shape index (κ3) is 4.17. The summed E-state index contributed by atoms with van der Waals surface area (Å²) in [7, 11) is 0. The van der Waals surface area contributed by atoms with E-state index in [1.54, 1.807) is 0 Å². The van der Waals surface area contributed by atoms with Gasteiger partial charge in [0.1, 0.15) is 0 Å². The van der Waals surface area contributed by atoms with Crippen molar-refractivity contribution in [3.05, 3.63) is 46.2 Å². The van der Waals surface area contributed by atoms with Crippen molar-refractivity contribution in [1.82, 2.24) is 10.2 Å². The van der Waals surface area contributed by atoms with Crippen molar-refractivity contribution in [2.24, 2.45) is 5.92 Å². The van der Waals surface area contributed by atoms with E-state index in [-0.39, 0.29) is 0 Å². The van der Waals surface area contributed by atoms with E-state index in [1.807, 2.05) is 17.4 Å². The standard InChI is InChI=1S/C20H26N2O2S/c1-15(17-4-5-19-20(11-17)24-14-23-19)21-12-16-6-8-22(9-7-16)13-18-3-2-10-25-18/h2-5,10-11,15-16,21H,6-9,12-14H2,1H3. The van der Waals surface area contributed by atoms with Gasteiger partial charge in [-0.05, 0) is 74.5 Å². The Hall–Kier alpha value is -1.56. The van der Waals surface area contributed by atoms with Gasteiger partial charge in [0.2, 0.25) is 6.79 Å². The smallest absolute Gasteiger partial charge is 0.231 e. The summed E-state index contributed by atoms with van der Waals surface area (Å²) in [5.41, 5.74) is 1.26. The average Bonchev–Trinajstić information content (AvgIpc) is 3.31. The molecule has 0 bridgehead atoms. The van der Waals surface area contributed by atoms with Crippen molar-refractivity contribution in [3.63, 3.8) is 0 Å². The number of fused-ring (bicyclic) bond motifs is 1. The molecule has 0 saturated carbocycles. The van der Waals surface area contributed by atoms with E-state index in [4.69, 9.17) is 9.47 Å². The number of benzene rings is 1. The molecule has 0 amide bonds. The molecular formula is C20H26N2O2S. The maximum absolute atomic E-state index is 5.48. The number of piperidine rings is 1. The highest BCUT2D eigenvalue weighted by Crippen LogP contribution is 2.34. The summed E-state index contributed by atoms with van der Waals surface area (Å²) in [4.78, 5) is 4.07. The van der Waals surface area contributed by atoms with Crippen LogP contribution in [0.2, 0.25) is 0 Å². The summed E-state index contributed by atoms with van der Waals surface area (Å²) in [6.45, 7) is 7.19. The van der Waals surface area contributed by atoms with Crippen molar-refractivity contribution >= 4 is 11.3 Å². The molecular weight excluding hydrogens is 332 g/mol. The second kappa shape index (κ2) is 7.77. The molecule has 0 spiro atoms. The highest BCUT2D eigenvalue weighted by molar-refractivity contribution is 7.09. The topological polar surface area (TPSA) is 33.7 Å². The van der Waals surface area contributed by atoms with E-state index in [0.717, 1.165) is 30.5 Å². The SMILES string of the molecule is CC(NCC1CCN(Cc2cccs2)CC1)c1ccc2c(c1)OCO2. The number of thiophene rings is 1. The molecule has 1 N–H and O–H groups in total. The van der Waals surface area contributed by atoms with Gasteiger partial charge < -0.3 is 14.8 Å². The molecule has 1 aromatic carbocycles. The van der Waals surface area contributed by atoms with Crippen molar-refractivity contribution in [2.45, 2.75) is 32.4 Å². The van der Waals surface area contributed by atoms with Gasteiger partial charge in [-0.3, -0.25) is 4.90 Å². The minimum Gasteiger partial charge on any atom is -0.454 e. The monoisotopic (exact) mass is 358 g/mol. The maximum Gasteiger partial charge on any atom is 0.231 e. The quantitative estimate of drug-likeness (QED) is 0.845. The van der Waals surface area contributed by atoms with Crippen LogP contribution in [-0.2, 0) is 6.54 Å². The summed E-state index contributed by atoms with van der Waals surface area (Å²) in [6, 6.07) is 11.0. The zero-order valence-electron chi connectivity index (χ0n) is 14.7. The molecule has 2 aliphatic heterocycles. The zero-order chi connectivity index (χ0) is 17.1. The molecule has 5 heteroatoms. The lowest BCUT2D eigenvalue weighted by molar-refractivity contribution is 0.173. The summed E-state index contributed by atoms with van der Waals surface area (Å²) in [6.07, 6.45) is 2.57. The molecule has 4 nitrogen and oxygen atoms in total. The lowest BCUT2D eigenvalue weighted by atomic mass is 9.96. The van der Waals surface area contributed by atoms with Gasteiger partial charge in [-0.25, -0.2) is 0 Å². The predicted octanol–water partition coefficient (Wildman–Crippen LogP) is 4.04. The number of ether oxygens (including phenoxy) is 2. The molecule has 1 saturated heterocycles. The Balaban J connectivity index is 1.22. The third-order valence-corrected chi connectivity index (χ3v) is 6.14. The van der Waals surface area contributed by atoms with Gasteiger partial charge in [-0.2, -0.15) is 0 Å². The largest absolute Gasteiger partial charge is 0.454 e. The Kier molecular flexibility index (Phi) is 5.25. The molecule has 25 heavy (non-hydrogen) atoms. The van der Waals surface area contributed by atoms with Crippen molar-refractivity contribution in [1.29, 1.82) is 0 Å². The lowest BCUT2D eigenvalue weighted by Gasteiger charge is -2.32. The first kappa shape index (κ1) is 16.9. The first-order valence-corrected chi connectivity index (χ1v) is 10.0. The average molecular weight is 359 g/mol. The molecule has 3 heterocycles.